The lowest BCUT2D eigenvalue weighted by molar-refractivity contribution is 0.0479. The molecule has 140 valence electrons. The van der Waals surface area contributed by atoms with Gasteiger partial charge in [0.2, 0.25) is 5.75 Å². The molecular formula is C22H21BrO4. The molecule has 0 spiro atoms. The van der Waals surface area contributed by atoms with Crippen molar-refractivity contribution in [2.45, 2.75) is 13.2 Å². The van der Waals surface area contributed by atoms with Gasteiger partial charge in [0.15, 0.2) is 18.3 Å². The Hall–Kier alpha value is -2.50. The Morgan fingerprint density at radius 3 is 1.78 bits per heavy atom. The lowest BCUT2D eigenvalue weighted by Gasteiger charge is -2.18. The van der Waals surface area contributed by atoms with Crippen molar-refractivity contribution in [2.75, 3.05) is 13.9 Å². The molecule has 0 atom stereocenters. The quantitative estimate of drug-likeness (QED) is 0.416. The number of hydrogen-bond donors (Lipinski definition) is 0. The molecule has 0 bridgehead atoms. The molecule has 0 fully saturated rings. The van der Waals surface area contributed by atoms with Gasteiger partial charge >= 0.3 is 0 Å². The number of methoxy groups -OCH3 is 1. The van der Waals surface area contributed by atoms with Gasteiger partial charge in [0.1, 0.15) is 13.2 Å². The molecule has 3 rings (SSSR count). The highest BCUT2D eigenvalue weighted by molar-refractivity contribution is 9.10. The first-order valence-electron chi connectivity index (χ1n) is 8.55. The van der Waals surface area contributed by atoms with Crippen LogP contribution in [0.5, 0.6) is 17.2 Å². The highest BCUT2D eigenvalue weighted by Gasteiger charge is 2.17. The number of rotatable bonds is 9. The SMILES string of the molecule is COCOc1ccc(Br)c(OCc2ccccc2)c1OCc1ccccc1. The summed E-state index contributed by atoms with van der Waals surface area (Å²) < 4.78 is 23.7. The van der Waals surface area contributed by atoms with E-state index in [1.165, 1.54) is 0 Å². The van der Waals surface area contributed by atoms with E-state index in [-0.39, 0.29) is 6.79 Å². The smallest absolute Gasteiger partial charge is 0.205 e. The Bertz CT molecular complexity index is 838. The van der Waals surface area contributed by atoms with Crippen LogP contribution >= 0.6 is 15.9 Å². The molecule has 0 N–H and O–H groups in total. The zero-order valence-corrected chi connectivity index (χ0v) is 16.6. The average Bonchev–Trinajstić information content (AvgIpc) is 2.72. The van der Waals surface area contributed by atoms with Gasteiger partial charge in [-0.05, 0) is 39.2 Å². The fourth-order valence-electron chi connectivity index (χ4n) is 2.49. The maximum atomic E-state index is 6.09. The Labute approximate surface area is 167 Å². The van der Waals surface area contributed by atoms with Crippen molar-refractivity contribution < 1.29 is 18.9 Å². The van der Waals surface area contributed by atoms with Crippen LogP contribution in [0.2, 0.25) is 0 Å². The Balaban J connectivity index is 1.84. The van der Waals surface area contributed by atoms with Crippen molar-refractivity contribution in [3.8, 4) is 17.2 Å². The van der Waals surface area contributed by atoms with Crippen LogP contribution in [-0.4, -0.2) is 13.9 Å². The van der Waals surface area contributed by atoms with Crippen molar-refractivity contribution in [2.24, 2.45) is 0 Å². The van der Waals surface area contributed by atoms with Gasteiger partial charge < -0.3 is 18.9 Å². The Morgan fingerprint density at radius 1 is 0.667 bits per heavy atom. The fourth-order valence-corrected chi connectivity index (χ4v) is 2.91. The predicted octanol–water partition coefficient (Wildman–Crippen LogP) is 5.59. The average molecular weight is 429 g/mol. The minimum Gasteiger partial charge on any atom is -0.484 e. The predicted molar refractivity (Wildman–Crippen MR) is 108 cm³/mol. The van der Waals surface area contributed by atoms with Gasteiger partial charge in [-0.1, -0.05) is 60.7 Å². The summed E-state index contributed by atoms with van der Waals surface area (Å²) in [5, 5.41) is 0. The van der Waals surface area contributed by atoms with E-state index in [1.807, 2.05) is 72.8 Å². The zero-order chi connectivity index (χ0) is 18.9. The van der Waals surface area contributed by atoms with Crippen LogP contribution in [0, 0.1) is 0 Å². The second-order valence-electron chi connectivity index (χ2n) is 5.80. The first-order chi connectivity index (χ1) is 13.3. The number of halogens is 1. The molecule has 0 unspecified atom stereocenters. The monoisotopic (exact) mass is 428 g/mol. The third kappa shape index (κ3) is 5.49. The molecule has 27 heavy (non-hydrogen) atoms. The van der Waals surface area contributed by atoms with Crippen molar-refractivity contribution in [1.82, 2.24) is 0 Å². The largest absolute Gasteiger partial charge is 0.484 e. The van der Waals surface area contributed by atoms with Crippen LogP contribution in [0.3, 0.4) is 0 Å². The maximum absolute atomic E-state index is 6.09. The molecule has 0 aliphatic heterocycles. The molecular weight excluding hydrogens is 408 g/mol. The molecule has 0 saturated heterocycles. The van der Waals surface area contributed by atoms with E-state index in [2.05, 4.69) is 15.9 Å². The second-order valence-corrected chi connectivity index (χ2v) is 6.66. The van der Waals surface area contributed by atoms with Crippen LogP contribution in [0.25, 0.3) is 0 Å². The van der Waals surface area contributed by atoms with Crippen LogP contribution in [0.1, 0.15) is 11.1 Å². The van der Waals surface area contributed by atoms with E-state index < -0.39 is 0 Å². The Kier molecular flexibility index (Phi) is 7.13. The van der Waals surface area contributed by atoms with E-state index in [4.69, 9.17) is 18.9 Å². The van der Waals surface area contributed by atoms with Gasteiger partial charge in [-0.15, -0.1) is 0 Å². The number of benzene rings is 3. The van der Waals surface area contributed by atoms with Crippen LogP contribution in [0.15, 0.2) is 77.3 Å². The number of hydrogen-bond acceptors (Lipinski definition) is 4. The molecule has 0 amide bonds. The van der Waals surface area contributed by atoms with E-state index >= 15 is 0 Å². The lowest BCUT2D eigenvalue weighted by Crippen LogP contribution is -2.05. The maximum Gasteiger partial charge on any atom is 0.205 e. The van der Waals surface area contributed by atoms with Gasteiger partial charge in [-0.3, -0.25) is 0 Å². The summed E-state index contributed by atoms with van der Waals surface area (Å²) in [5.74, 6) is 1.71. The molecule has 5 heteroatoms. The van der Waals surface area contributed by atoms with E-state index in [0.29, 0.717) is 30.5 Å². The van der Waals surface area contributed by atoms with Crippen LogP contribution < -0.4 is 14.2 Å². The van der Waals surface area contributed by atoms with E-state index in [1.54, 1.807) is 7.11 Å². The lowest BCUT2D eigenvalue weighted by atomic mass is 10.2. The molecule has 0 radical (unpaired) electrons. The molecule has 0 heterocycles. The zero-order valence-electron chi connectivity index (χ0n) is 15.1. The van der Waals surface area contributed by atoms with Crippen LogP contribution in [-0.2, 0) is 18.0 Å². The van der Waals surface area contributed by atoms with Crippen molar-refractivity contribution >= 4 is 15.9 Å². The van der Waals surface area contributed by atoms with E-state index in [0.717, 1.165) is 15.6 Å². The third-order valence-corrected chi connectivity index (χ3v) is 4.44. The normalized spacial score (nSPS) is 10.4. The summed E-state index contributed by atoms with van der Waals surface area (Å²) >= 11 is 3.56. The third-order valence-electron chi connectivity index (χ3n) is 3.81. The first-order valence-corrected chi connectivity index (χ1v) is 9.35. The number of ether oxygens (including phenoxy) is 4. The van der Waals surface area contributed by atoms with Crippen LogP contribution in [0.4, 0.5) is 0 Å². The van der Waals surface area contributed by atoms with Crippen molar-refractivity contribution in [3.05, 3.63) is 88.4 Å². The Morgan fingerprint density at radius 2 is 1.22 bits per heavy atom. The van der Waals surface area contributed by atoms with Crippen molar-refractivity contribution in [1.29, 1.82) is 0 Å². The van der Waals surface area contributed by atoms with Gasteiger partial charge in [-0.2, -0.15) is 0 Å². The topological polar surface area (TPSA) is 36.9 Å². The summed E-state index contributed by atoms with van der Waals surface area (Å²) in [4.78, 5) is 0. The fraction of sp³-hybridized carbons (Fsp3) is 0.182. The summed E-state index contributed by atoms with van der Waals surface area (Å²) in [5.41, 5.74) is 2.13. The van der Waals surface area contributed by atoms with Crippen molar-refractivity contribution in [3.63, 3.8) is 0 Å². The molecule has 0 aliphatic rings. The molecule has 0 aliphatic carbocycles. The molecule has 4 nitrogen and oxygen atoms in total. The highest BCUT2D eigenvalue weighted by Crippen LogP contribution is 2.43. The molecule has 3 aromatic rings. The molecule has 0 saturated carbocycles. The van der Waals surface area contributed by atoms with Gasteiger partial charge in [0, 0.05) is 7.11 Å². The van der Waals surface area contributed by atoms with Gasteiger partial charge in [0.05, 0.1) is 4.47 Å². The summed E-state index contributed by atoms with van der Waals surface area (Å²) in [6, 6.07) is 23.7. The first kappa shape index (κ1) is 19.3. The molecule has 3 aromatic carbocycles. The highest BCUT2D eigenvalue weighted by atomic mass is 79.9. The minimum absolute atomic E-state index is 0.126. The second kappa shape index (κ2) is 10.00. The summed E-state index contributed by atoms with van der Waals surface area (Å²) in [6.07, 6.45) is 0. The summed E-state index contributed by atoms with van der Waals surface area (Å²) in [6.45, 7) is 0.957. The summed E-state index contributed by atoms with van der Waals surface area (Å²) in [7, 11) is 1.58. The standard InChI is InChI=1S/C22H21BrO4/c1-24-16-27-20-13-12-19(23)21(25-14-17-8-4-2-5-9-17)22(20)26-15-18-10-6-3-7-11-18/h2-13H,14-16H2,1H3. The van der Waals surface area contributed by atoms with Gasteiger partial charge in [-0.25, -0.2) is 0 Å². The van der Waals surface area contributed by atoms with Gasteiger partial charge in [0.25, 0.3) is 0 Å². The molecule has 0 aromatic heterocycles. The van der Waals surface area contributed by atoms with E-state index in [9.17, 15) is 0 Å². The minimum atomic E-state index is 0.126.